The fourth-order valence-corrected chi connectivity index (χ4v) is 3.25. The van der Waals surface area contributed by atoms with Gasteiger partial charge in [0, 0.05) is 19.7 Å². The zero-order valence-electron chi connectivity index (χ0n) is 16.2. The van der Waals surface area contributed by atoms with Gasteiger partial charge in [0.15, 0.2) is 5.78 Å². The first kappa shape index (κ1) is 20.9. The van der Waals surface area contributed by atoms with E-state index in [1.165, 1.54) is 7.05 Å². The van der Waals surface area contributed by atoms with E-state index in [9.17, 15) is 32.8 Å². The molecule has 0 saturated carbocycles. The van der Waals surface area contributed by atoms with E-state index in [2.05, 4.69) is 5.32 Å². The Hall–Kier alpha value is -3.83. The molecule has 2 heterocycles. The van der Waals surface area contributed by atoms with Gasteiger partial charge in [-0.3, -0.25) is 28.4 Å². The summed E-state index contributed by atoms with van der Waals surface area (Å²) in [5.41, 5.74) is 0.983. The van der Waals surface area contributed by atoms with Crippen LogP contribution in [0.4, 0.5) is 19.4 Å². The number of nitrogens with one attached hydrogen (secondary N) is 1. The van der Waals surface area contributed by atoms with Crippen molar-refractivity contribution in [3.8, 4) is 0 Å². The maximum Gasteiger partial charge on any atom is 0.332 e. The Bertz CT molecular complexity index is 1230. The lowest BCUT2D eigenvalue weighted by Gasteiger charge is -2.22. The number of amides is 3. The van der Waals surface area contributed by atoms with Crippen molar-refractivity contribution >= 4 is 23.5 Å². The molecule has 0 spiro atoms. The van der Waals surface area contributed by atoms with Crippen LogP contribution >= 0.6 is 0 Å². The molecule has 0 bridgehead atoms. The highest BCUT2D eigenvalue weighted by Crippen LogP contribution is 2.31. The zero-order valence-corrected chi connectivity index (χ0v) is 16.2. The molecule has 3 N–H and O–H groups in total. The number of Topliss-reactive ketones (excluding diaryl/α,β-unsaturated/α-hetero) is 1. The number of urea groups is 1. The van der Waals surface area contributed by atoms with Crippen LogP contribution in [0.3, 0.4) is 0 Å². The molecule has 12 heteroatoms. The predicted octanol–water partition coefficient (Wildman–Crippen LogP) is -0.406. The lowest BCUT2D eigenvalue weighted by molar-refractivity contribution is -0.130. The van der Waals surface area contributed by atoms with Gasteiger partial charge in [-0.1, -0.05) is 0 Å². The molecule has 1 aliphatic heterocycles. The van der Waals surface area contributed by atoms with Crippen molar-refractivity contribution in [2.75, 3.05) is 12.3 Å². The third kappa shape index (κ3) is 2.96. The van der Waals surface area contributed by atoms with Gasteiger partial charge in [-0.2, -0.15) is 0 Å². The van der Waals surface area contributed by atoms with Crippen LogP contribution in [0.15, 0.2) is 27.8 Å². The molecule has 2 aromatic rings. The molecule has 158 valence electrons. The number of anilines is 1. The molecule has 1 saturated heterocycles. The molecule has 1 fully saturated rings. The highest BCUT2D eigenvalue weighted by molar-refractivity contribution is 6.12. The van der Waals surface area contributed by atoms with E-state index in [1.54, 1.807) is 0 Å². The predicted molar refractivity (Wildman–Crippen MR) is 99.6 cm³/mol. The normalized spacial score (nSPS) is 18.6. The van der Waals surface area contributed by atoms with E-state index in [0.717, 1.165) is 36.7 Å². The third-order valence-electron chi connectivity index (χ3n) is 5.03. The van der Waals surface area contributed by atoms with E-state index < -0.39 is 69.6 Å². The van der Waals surface area contributed by atoms with Gasteiger partial charge in [0.05, 0.1) is 6.54 Å². The molecule has 0 aliphatic carbocycles. The zero-order chi connectivity index (χ0) is 22.5. The lowest BCUT2D eigenvalue weighted by atomic mass is 9.91. The van der Waals surface area contributed by atoms with E-state index in [-0.39, 0.29) is 0 Å². The SMILES string of the molecule is Cn1c(N)c(C(=O)CN2C(=O)NC(C)(c3cc(F)ccc3F)C2=O)c(=O)n(C)c1=O. The quantitative estimate of drug-likeness (QED) is 0.509. The summed E-state index contributed by atoms with van der Waals surface area (Å²) in [6, 6.07) is 1.38. The second kappa shape index (κ2) is 6.90. The number of nitrogens with zero attached hydrogens (tertiary/aromatic N) is 3. The van der Waals surface area contributed by atoms with Crippen molar-refractivity contribution in [2.45, 2.75) is 12.5 Å². The van der Waals surface area contributed by atoms with Crippen molar-refractivity contribution < 1.29 is 23.2 Å². The first-order chi connectivity index (χ1) is 13.9. The average Bonchev–Trinajstić information content (AvgIpc) is 2.90. The highest BCUT2D eigenvalue weighted by Gasteiger charge is 2.51. The summed E-state index contributed by atoms with van der Waals surface area (Å²) in [5.74, 6) is -4.22. The number of carbonyl (C=O) groups is 3. The van der Waals surface area contributed by atoms with Gasteiger partial charge in [0.1, 0.15) is 28.6 Å². The minimum Gasteiger partial charge on any atom is -0.384 e. The molecule has 30 heavy (non-hydrogen) atoms. The smallest absolute Gasteiger partial charge is 0.332 e. The highest BCUT2D eigenvalue weighted by atomic mass is 19.1. The minimum atomic E-state index is -1.97. The van der Waals surface area contributed by atoms with Crippen LogP contribution in [-0.2, 0) is 24.4 Å². The van der Waals surface area contributed by atoms with Crippen molar-refractivity contribution in [1.82, 2.24) is 19.4 Å². The van der Waals surface area contributed by atoms with E-state index in [0.29, 0.717) is 9.47 Å². The summed E-state index contributed by atoms with van der Waals surface area (Å²) in [6.07, 6.45) is 0. The average molecular weight is 421 g/mol. The summed E-state index contributed by atoms with van der Waals surface area (Å²) >= 11 is 0. The van der Waals surface area contributed by atoms with E-state index >= 15 is 0 Å². The molecule has 1 aliphatic rings. The monoisotopic (exact) mass is 421 g/mol. The Kier molecular flexibility index (Phi) is 4.80. The van der Waals surface area contributed by atoms with Gasteiger partial charge < -0.3 is 11.1 Å². The van der Waals surface area contributed by atoms with Crippen molar-refractivity contribution in [3.63, 3.8) is 0 Å². The topological polar surface area (TPSA) is 136 Å². The molecule has 3 amide bonds. The van der Waals surface area contributed by atoms with Crippen LogP contribution in [0, 0.1) is 11.6 Å². The lowest BCUT2D eigenvalue weighted by Crippen LogP contribution is -2.45. The maximum absolute atomic E-state index is 14.2. The molecule has 3 rings (SSSR count). The van der Waals surface area contributed by atoms with Gasteiger partial charge in [-0.15, -0.1) is 0 Å². The molecule has 0 radical (unpaired) electrons. The summed E-state index contributed by atoms with van der Waals surface area (Å²) in [7, 11) is 2.38. The van der Waals surface area contributed by atoms with Crippen LogP contribution in [-0.4, -0.2) is 38.3 Å². The summed E-state index contributed by atoms with van der Waals surface area (Å²) in [6.45, 7) is 0.268. The Labute approximate surface area is 167 Å². The third-order valence-corrected chi connectivity index (χ3v) is 5.03. The number of halogens is 2. The Morgan fingerprint density at radius 1 is 1.13 bits per heavy atom. The Morgan fingerprint density at radius 3 is 2.40 bits per heavy atom. The number of imide groups is 1. The van der Waals surface area contributed by atoms with Gasteiger partial charge >= 0.3 is 11.7 Å². The van der Waals surface area contributed by atoms with E-state index in [1.807, 2.05) is 0 Å². The fourth-order valence-electron chi connectivity index (χ4n) is 3.25. The molecular formula is C18H17F2N5O5. The van der Waals surface area contributed by atoms with Gasteiger partial charge in [-0.05, 0) is 25.1 Å². The van der Waals surface area contributed by atoms with Crippen molar-refractivity contribution in [2.24, 2.45) is 14.1 Å². The number of carbonyl (C=O) groups excluding carboxylic acids is 3. The molecule has 1 aromatic carbocycles. The largest absolute Gasteiger partial charge is 0.384 e. The second-order valence-electron chi connectivity index (χ2n) is 6.96. The standard InChI is InChI=1S/C18H17F2N5O5/c1-18(9-6-8(19)4-5-10(9)20)15(28)25(16(29)22-18)7-11(26)12-13(21)23(2)17(30)24(3)14(12)27/h4-6H,7,21H2,1-3H3,(H,22,29). The van der Waals surface area contributed by atoms with Crippen LogP contribution in [0.1, 0.15) is 22.8 Å². The molecular weight excluding hydrogens is 404 g/mol. The van der Waals surface area contributed by atoms with Crippen LogP contribution < -0.4 is 22.3 Å². The number of aromatic nitrogens is 2. The number of nitrogens with two attached hydrogens (primary N) is 1. The fraction of sp³-hybridized carbons (Fsp3) is 0.278. The summed E-state index contributed by atoms with van der Waals surface area (Å²) in [4.78, 5) is 62.6. The molecule has 1 atom stereocenters. The Balaban J connectivity index is 2.00. The van der Waals surface area contributed by atoms with Gasteiger partial charge in [-0.25, -0.2) is 18.4 Å². The number of hydrogen-bond donors (Lipinski definition) is 2. The second-order valence-corrected chi connectivity index (χ2v) is 6.96. The summed E-state index contributed by atoms with van der Waals surface area (Å²) < 4.78 is 29.3. The van der Waals surface area contributed by atoms with Crippen LogP contribution in [0.5, 0.6) is 0 Å². The number of rotatable bonds is 4. The Morgan fingerprint density at radius 2 is 1.77 bits per heavy atom. The minimum absolute atomic E-state index is 0.423. The molecule has 1 aromatic heterocycles. The molecule has 10 nitrogen and oxygen atoms in total. The number of hydrogen-bond acceptors (Lipinski definition) is 6. The van der Waals surface area contributed by atoms with Crippen LogP contribution in [0.2, 0.25) is 0 Å². The number of benzene rings is 1. The van der Waals surface area contributed by atoms with Crippen LogP contribution in [0.25, 0.3) is 0 Å². The number of ketones is 1. The van der Waals surface area contributed by atoms with Gasteiger partial charge in [0.2, 0.25) is 0 Å². The molecule has 1 unspecified atom stereocenters. The first-order valence-electron chi connectivity index (χ1n) is 8.58. The van der Waals surface area contributed by atoms with E-state index in [4.69, 9.17) is 5.73 Å². The van der Waals surface area contributed by atoms with Gasteiger partial charge in [0.25, 0.3) is 11.5 Å². The summed E-state index contributed by atoms with van der Waals surface area (Å²) in [5, 5.41) is 2.24. The van der Waals surface area contributed by atoms with Crippen molar-refractivity contribution in [3.05, 3.63) is 61.8 Å². The first-order valence-corrected chi connectivity index (χ1v) is 8.58. The number of nitrogen functional groups attached to an aromatic ring is 1. The van der Waals surface area contributed by atoms with Crippen molar-refractivity contribution in [1.29, 1.82) is 0 Å². The maximum atomic E-state index is 14.2.